The first-order chi connectivity index (χ1) is 25.8. The predicted octanol–water partition coefficient (Wildman–Crippen LogP) is 5.30. The molecule has 58 heavy (non-hydrogen) atoms. The van der Waals surface area contributed by atoms with Crippen LogP contribution in [0.3, 0.4) is 0 Å². The summed E-state index contributed by atoms with van der Waals surface area (Å²) in [5.41, 5.74) is -1.67. The zero-order valence-corrected chi connectivity index (χ0v) is 39.2. The van der Waals surface area contributed by atoms with Crippen molar-refractivity contribution in [3.8, 4) is 5.75 Å². The maximum atomic E-state index is 13.8. The van der Waals surface area contributed by atoms with Gasteiger partial charge in [-0.15, -0.1) is 10.2 Å². The number of anilines is 2. The van der Waals surface area contributed by atoms with Gasteiger partial charge in [-0.3, -0.25) is 18.5 Å². The summed E-state index contributed by atoms with van der Waals surface area (Å²) in [7, 11) is -15.8. The first-order valence-corrected chi connectivity index (χ1v) is 19.7. The maximum absolute atomic E-state index is 13.8. The number of carbonyl (C=O) groups is 1. The van der Waals surface area contributed by atoms with E-state index in [-0.39, 0.29) is 123 Å². The van der Waals surface area contributed by atoms with Crippen molar-refractivity contribution in [1.29, 1.82) is 0 Å². The molecule has 26 heteroatoms. The zero-order valence-electron chi connectivity index (χ0n) is 30.0. The number of azo groups is 1. The molecule has 17 nitrogen and oxygen atoms in total. The average molecular weight is 904 g/mol. The number of hydrogen-bond acceptors (Lipinski definition) is 13. The van der Waals surface area contributed by atoms with Crippen LogP contribution in [-0.2, 0) is 36.9 Å². The molecule has 0 aliphatic heterocycles. The van der Waals surface area contributed by atoms with Gasteiger partial charge in [-0.2, -0.15) is 44.0 Å². The Morgan fingerprint density at radius 1 is 0.741 bits per heavy atom. The number of phenols is 1. The largest absolute Gasteiger partial charge is 0.505 e. The number of nitrogens with zero attached hydrogens (tertiary/aromatic N) is 4. The van der Waals surface area contributed by atoms with Gasteiger partial charge in [0.2, 0.25) is 5.95 Å². The van der Waals surface area contributed by atoms with Gasteiger partial charge in [0.1, 0.15) is 31.1 Å². The Kier molecular flexibility index (Phi) is 16.5. The van der Waals surface area contributed by atoms with E-state index in [1.54, 1.807) is 6.07 Å². The average Bonchev–Trinajstić information content (AvgIpc) is 3.10. The second kappa shape index (κ2) is 19.3. The topological polar surface area (TPSA) is 275 Å². The fourth-order valence-electron chi connectivity index (χ4n) is 5.52. The molecular formula is C32H21ClF2N6Na3O11S3. The smallest absolute Gasteiger partial charge is 0.313 e. The van der Waals surface area contributed by atoms with Crippen LogP contribution < -0.4 is 10.6 Å². The van der Waals surface area contributed by atoms with Crippen LogP contribution in [-0.4, -0.2) is 149 Å². The third-order valence-corrected chi connectivity index (χ3v) is 10.9. The minimum absolute atomic E-state index is 0. The van der Waals surface area contributed by atoms with Gasteiger partial charge in [0.25, 0.3) is 36.3 Å². The number of fused-ring (bicyclic) bond motifs is 2. The summed E-state index contributed by atoms with van der Waals surface area (Å²) in [4.78, 5) is 16.2. The van der Waals surface area contributed by atoms with Crippen LogP contribution in [0.1, 0.15) is 15.9 Å². The number of aromatic nitrogens is 2. The molecule has 287 valence electrons. The maximum Gasteiger partial charge on any atom is 0.313 e. The van der Waals surface area contributed by atoms with Crippen molar-refractivity contribution >= 4 is 181 Å². The molecule has 0 fully saturated rings. The Balaban J connectivity index is 0.00000300. The molecule has 1 amide bonds. The molecule has 0 saturated heterocycles. The number of halogens is 3. The molecule has 0 aliphatic rings. The Labute approximate surface area is 398 Å². The molecule has 0 saturated carbocycles. The molecule has 0 bridgehead atoms. The summed E-state index contributed by atoms with van der Waals surface area (Å²) in [6.07, 6.45) is -1.42. The summed E-state index contributed by atoms with van der Waals surface area (Å²) < 4.78 is 133. The van der Waals surface area contributed by atoms with Gasteiger partial charge in [-0.25, -0.2) is 0 Å². The van der Waals surface area contributed by atoms with Gasteiger partial charge in [-0.05, 0) is 47.3 Å². The van der Waals surface area contributed by atoms with Gasteiger partial charge in [-0.1, -0.05) is 54.1 Å². The van der Waals surface area contributed by atoms with Crippen LogP contribution in [0, 0.1) is 12.0 Å². The zero-order chi connectivity index (χ0) is 40.0. The van der Waals surface area contributed by atoms with Crippen LogP contribution in [0.25, 0.3) is 21.5 Å². The first kappa shape index (κ1) is 49.6. The number of benzene rings is 5. The van der Waals surface area contributed by atoms with E-state index in [2.05, 4.69) is 30.8 Å². The number of rotatable bonds is 10. The summed E-state index contributed by atoms with van der Waals surface area (Å²) in [6, 6.07) is 16.2. The van der Waals surface area contributed by atoms with Gasteiger partial charge >= 0.3 is 6.08 Å². The van der Waals surface area contributed by atoms with Crippen molar-refractivity contribution in [1.82, 2.24) is 9.97 Å². The molecule has 1 heterocycles. The Bertz CT molecular complexity index is 2980. The van der Waals surface area contributed by atoms with Gasteiger partial charge < -0.3 is 15.7 Å². The van der Waals surface area contributed by atoms with Crippen LogP contribution in [0.5, 0.6) is 5.75 Å². The van der Waals surface area contributed by atoms with Crippen molar-refractivity contribution in [3.63, 3.8) is 0 Å². The van der Waals surface area contributed by atoms with Gasteiger partial charge in [0.05, 0.1) is 11.1 Å². The van der Waals surface area contributed by atoms with E-state index < -0.39 is 102 Å². The molecule has 6 aromatic rings. The number of nitrogens with one attached hydrogen (secondary N) is 2. The predicted molar refractivity (Wildman–Crippen MR) is 209 cm³/mol. The first-order valence-electron chi connectivity index (χ1n) is 15.0. The van der Waals surface area contributed by atoms with E-state index in [4.69, 9.17) is 11.6 Å². The van der Waals surface area contributed by atoms with E-state index in [0.29, 0.717) is 6.07 Å². The number of carbonyl (C=O) groups excluding carboxylic acids is 1. The van der Waals surface area contributed by atoms with Crippen molar-refractivity contribution in [2.75, 3.05) is 10.6 Å². The quantitative estimate of drug-likeness (QED) is 0.0335. The van der Waals surface area contributed by atoms with Crippen molar-refractivity contribution in [3.05, 3.63) is 107 Å². The molecule has 0 unspecified atom stereocenters. The summed E-state index contributed by atoms with van der Waals surface area (Å²) >= 11 is 5.82. The van der Waals surface area contributed by atoms with Crippen LogP contribution in [0.4, 0.5) is 31.7 Å². The van der Waals surface area contributed by atoms with Crippen molar-refractivity contribution in [2.45, 2.75) is 21.2 Å². The molecule has 0 aliphatic carbocycles. The summed E-state index contributed by atoms with van der Waals surface area (Å²) in [5, 5.41) is 22.0. The Morgan fingerprint density at radius 3 is 2.02 bits per heavy atom. The second-order valence-corrected chi connectivity index (χ2v) is 15.8. The standard InChI is InChI=1S/C32H21ClF2N6O11S3.3Na/c33-25-29(34)38-32(35)39-30(25)36-14-16-7-4-8-18-17(16)9-10-21(28(18)55(50,51)52)40-41-26-23(54(47,48)49)13-19-22(53(44,45)46)12-11-20(24(19)27(26)42)37-31(43)15-5-2-1-3-6-15;;;/h1-13,42H,14H2,(H,37,43)(H,36,38,39)(H,44,45,46)(H,47,48,49)(H,50,51,52);;;. The van der Waals surface area contributed by atoms with Gasteiger partial charge in [0.15, 0.2) is 11.6 Å². The van der Waals surface area contributed by atoms with E-state index in [0.717, 1.165) is 18.2 Å². The third kappa shape index (κ3) is 10.6. The number of hydrogen-bond donors (Lipinski definition) is 6. The molecule has 0 atom stereocenters. The monoisotopic (exact) mass is 903 g/mol. The minimum Gasteiger partial charge on any atom is -0.505 e. The fourth-order valence-corrected chi connectivity index (χ4v) is 7.83. The van der Waals surface area contributed by atoms with E-state index in [1.807, 2.05) is 0 Å². The Hall–Kier alpha value is -2.75. The molecular weight excluding hydrogens is 883 g/mol. The normalized spacial score (nSPS) is 11.8. The fraction of sp³-hybridized carbons (Fsp3) is 0.0312. The van der Waals surface area contributed by atoms with Crippen LogP contribution >= 0.6 is 11.6 Å². The summed E-state index contributed by atoms with van der Waals surface area (Å²) in [5.74, 6) is -3.76. The third-order valence-electron chi connectivity index (χ3n) is 7.84. The van der Waals surface area contributed by atoms with Crippen molar-refractivity contribution in [2.24, 2.45) is 10.2 Å². The summed E-state index contributed by atoms with van der Waals surface area (Å²) in [6.45, 7) is -0.254. The second-order valence-electron chi connectivity index (χ2n) is 11.3. The van der Waals surface area contributed by atoms with Crippen molar-refractivity contribution < 1.29 is 57.6 Å². The number of amides is 1. The molecule has 5 aromatic carbocycles. The molecule has 6 N–H and O–H groups in total. The van der Waals surface area contributed by atoms with E-state index in [1.165, 1.54) is 48.5 Å². The van der Waals surface area contributed by atoms with Crippen LogP contribution in [0.2, 0.25) is 5.02 Å². The van der Waals surface area contributed by atoms with E-state index >= 15 is 0 Å². The molecule has 0 spiro atoms. The molecule has 3 radical (unpaired) electrons. The minimum atomic E-state index is -5.43. The Morgan fingerprint density at radius 2 is 1.40 bits per heavy atom. The van der Waals surface area contributed by atoms with E-state index in [9.17, 15) is 57.6 Å². The molecule has 1 aromatic heterocycles. The molecule has 6 rings (SSSR count). The number of aromatic hydroxyl groups is 1. The number of phenolic OH excluding ortho intramolecular Hbond substituents is 1. The van der Waals surface area contributed by atoms with Gasteiger partial charge in [0, 0.05) is 112 Å². The SMILES string of the molecule is O=C(Nc1ccc(S(=O)(=O)O)c2cc(S(=O)(=O)O)c(N=Nc3ccc4c(CNc5nc(F)nc(F)c5Cl)cccc4c3S(=O)(=O)O)c(O)c12)c1ccccc1.[Na].[Na].[Na]. The van der Waals surface area contributed by atoms with Crippen LogP contribution in [0.15, 0.2) is 104 Å².